The third-order valence-corrected chi connectivity index (χ3v) is 7.01. The number of hydrogen-bond donors (Lipinski definition) is 1. The van der Waals surface area contributed by atoms with E-state index < -0.39 is 24.0 Å². The summed E-state index contributed by atoms with van der Waals surface area (Å²) in [5, 5.41) is 2.95. The minimum Gasteiger partial charge on any atom is -0.467 e. The Morgan fingerprint density at radius 1 is 1.00 bits per heavy atom. The minimum atomic E-state index is -0.717. The molecule has 190 valence electrons. The highest BCUT2D eigenvalue weighted by Crippen LogP contribution is 2.38. The van der Waals surface area contributed by atoms with Crippen LogP contribution in [0.1, 0.15) is 61.8 Å². The Bertz CT molecular complexity index is 1230. The van der Waals surface area contributed by atoms with E-state index in [0.29, 0.717) is 17.8 Å². The van der Waals surface area contributed by atoms with Crippen LogP contribution in [-0.2, 0) is 19.1 Å². The molecule has 1 fully saturated rings. The van der Waals surface area contributed by atoms with Gasteiger partial charge in [-0.05, 0) is 49.4 Å². The topological polar surface area (TPSA) is 99.5 Å². The van der Waals surface area contributed by atoms with E-state index in [1.54, 1.807) is 12.1 Å². The number of esters is 2. The molecule has 1 aliphatic rings. The molecule has 2 atom stereocenters. The number of nitrogens with zero attached hydrogens (tertiary/aromatic N) is 2. The fourth-order valence-corrected chi connectivity index (χ4v) is 5.12. The Kier molecular flexibility index (Phi) is 8.03. The molecule has 1 aromatic heterocycles. The Morgan fingerprint density at radius 2 is 1.69 bits per heavy atom. The van der Waals surface area contributed by atoms with Crippen LogP contribution >= 0.6 is 0 Å². The normalized spacial score (nSPS) is 15.8. The standard InChI is InChI=1S/C28H33N3O5/c1-4-21(28(34)36-3)30-26(32)24(18-10-6-5-7-11-18)31-23-13-9-8-12-22(23)29-25(31)19-14-16-20(17-15-19)27(33)35-2/h8-9,12-18,21,24H,4-7,10-11H2,1-3H3,(H,30,32). The van der Waals surface area contributed by atoms with Crippen molar-refractivity contribution in [1.29, 1.82) is 0 Å². The number of benzene rings is 2. The average molecular weight is 492 g/mol. The van der Waals surface area contributed by atoms with E-state index in [0.717, 1.165) is 48.7 Å². The fraction of sp³-hybridized carbons (Fsp3) is 0.429. The van der Waals surface area contributed by atoms with Gasteiger partial charge in [0.2, 0.25) is 5.91 Å². The molecule has 1 amide bonds. The molecule has 8 heteroatoms. The summed E-state index contributed by atoms with van der Waals surface area (Å²) in [5.41, 5.74) is 2.85. The van der Waals surface area contributed by atoms with Gasteiger partial charge in [-0.3, -0.25) is 4.79 Å². The van der Waals surface area contributed by atoms with Crippen molar-refractivity contribution in [2.45, 2.75) is 57.5 Å². The highest BCUT2D eigenvalue weighted by atomic mass is 16.5. The SMILES string of the molecule is CCC(NC(=O)C(C1CCCCC1)n1c(-c2ccc(C(=O)OC)cc2)nc2ccccc21)C(=O)OC. The van der Waals surface area contributed by atoms with Crippen molar-refractivity contribution in [2.75, 3.05) is 14.2 Å². The van der Waals surface area contributed by atoms with Gasteiger partial charge in [0, 0.05) is 5.56 Å². The molecule has 36 heavy (non-hydrogen) atoms. The van der Waals surface area contributed by atoms with Crippen LogP contribution in [0.3, 0.4) is 0 Å². The van der Waals surface area contributed by atoms with E-state index in [1.807, 2.05) is 47.9 Å². The van der Waals surface area contributed by atoms with Gasteiger partial charge in [0.25, 0.3) is 0 Å². The highest BCUT2D eigenvalue weighted by molar-refractivity contribution is 5.91. The quantitative estimate of drug-likeness (QED) is 0.460. The van der Waals surface area contributed by atoms with Crippen molar-refractivity contribution >= 4 is 28.9 Å². The number of ether oxygens (including phenoxy) is 2. The monoisotopic (exact) mass is 491 g/mol. The van der Waals surface area contributed by atoms with E-state index >= 15 is 0 Å². The molecule has 0 bridgehead atoms. The molecule has 4 rings (SSSR count). The molecule has 2 unspecified atom stereocenters. The number of carbonyl (C=O) groups is 3. The molecule has 1 aliphatic carbocycles. The first-order chi connectivity index (χ1) is 17.5. The minimum absolute atomic E-state index is 0.0969. The van der Waals surface area contributed by atoms with Crippen LogP contribution in [0.4, 0.5) is 0 Å². The van der Waals surface area contributed by atoms with Gasteiger partial charge in [0.1, 0.15) is 17.9 Å². The van der Waals surface area contributed by atoms with Crippen molar-refractivity contribution in [3.63, 3.8) is 0 Å². The molecule has 0 aliphatic heterocycles. The molecule has 2 aromatic carbocycles. The summed E-state index contributed by atoms with van der Waals surface area (Å²) in [4.78, 5) is 43.0. The number of rotatable bonds is 8. The molecule has 8 nitrogen and oxygen atoms in total. The van der Waals surface area contributed by atoms with Gasteiger partial charge >= 0.3 is 11.9 Å². The average Bonchev–Trinajstić information content (AvgIpc) is 3.30. The first-order valence-corrected chi connectivity index (χ1v) is 12.5. The largest absolute Gasteiger partial charge is 0.467 e. The molecule has 0 saturated heterocycles. The predicted octanol–water partition coefficient (Wildman–Crippen LogP) is 4.68. The second kappa shape index (κ2) is 11.4. The number of methoxy groups -OCH3 is 2. The van der Waals surface area contributed by atoms with Crippen LogP contribution in [-0.4, -0.2) is 47.7 Å². The van der Waals surface area contributed by atoms with Gasteiger partial charge in [-0.2, -0.15) is 0 Å². The van der Waals surface area contributed by atoms with Gasteiger partial charge in [0.05, 0.1) is 30.8 Å². The maximum atomic E-state index is 13.9. The van der Waals surface area contributed by atoms with Crippen LogP contribution in [0, 0.1) is 5.92 Å². The Balaban J connectivity index is 1.84. The maximum Gasteiger partial charge on any atom is 0.337 e. The van der Waals surface area contributed by atoms with E-state index in [-0.39, 0.29) is 11.8 Å². The van der Waals surface area contributed by atoms with Gasteiger partial charge < -0.3 is 19.4 Å². The molecular weight excluding hydrogens is 458 g/mol. The first-order valence-electron chi connectivity index (χ1n) is 12.5. The molecule has 1 heterocycles. The van der Waals surface area contributed by atoms with Crippen molar-refractivity contribution in [3.8, 4) is 11.4 Å². The summed E-state index contributed by atoms with van der Waals surface area (Å²) in [6.07, 6.45) is 5.52. The summed E-state index contributed by atoms with van der Waals surface area (Å²) in [5.74, 6) is -0.343. The molecule has 3 aromatic rings. The van der Waals surface area contributed by atoms with Gasteiger partial charge in [-0.25, -0.2) is 14.6 Å². The zero-order chi connectivity index (χ0) is 25.7. The van der Waals surface area contributed by atoms with Crippen molar-refractivity contribution in [3.05, 3.63) is 54.1 Å². The number of amides is 1. The zero-order valence-corrected chi connectivity index (χ0v) is 21.0. The lowest BCUT2D eigenvalue weighted by Gasteiger charge is -2.32. The van der Waals surface area contributed by atoms with Crippen LogP contribution in [0.5, 0.6) is 0 Å². The fourth-order valence-electron chi connectivity index (χ4n) is 5.12. The number of nitrogens with one attached hydrogen (secondary N) is 1. The summed E-state index contributed by atoms with van der Waals surface area (Å²) in [6, 6.07) is 13.5. The van der Waals surface area contributed by atoms with Gasteiger partial charge in [-0.15, -0.1) is 0 Å². The lowest BCUT2D eigenvalue weighted by atomic mass is 9.83. The molecule has 0 spiro atoms. The van der Waals surface area contributed by atoms with Gasteiger partial charge in [-0.1, -0.05) is 50.5 Å². The molecule has 1 N–H and O–H groups in total. The number of imidazole rings is 1. The van der Waals surface area contributed by atoms with Crippen LogP contribution in [0.15, 0.2) is 48.5 Å². The van der Waals surface area contributed by atoms with Crippen molar-refractivity contribution in [1.82, 2.24) is 14.9 Å². The third kappa shape index (κ3) is 5.12. The lowest BCUT2D eigenvalue weighted by molar-refractivity contribution is -0.145. The van der Waals surface area contributed by atoms with E-state index in [4.69, 9.17) is 14.5 Å². The Morgan fingerprint density at radius 3 is 2.33 bits per heavy atom. The smallest absolute Gasteiger partial charge is 0.337 e. The number of para-hydroxylation sites is 2. The highest BCUT2D eigenvalue weighted by Gasteiger charge is 2.36. The second-order valence-corrected chi connectivity index (χ2v) is 9.20. The zero-order valence-electron chi connectivity index (χ0n) is 21.0. The van der Waals surface area contributed by atoms with Crippen LogP contribution in [0.2, 0.25) is 0 Å². The summed E-state index contributed by atoms with van der Waals surface area (Å²) in [6.45, 7) is 1.85. The number of fused-ring (bicyclic) bond motifs is 1. The second-order valence-electron chi connectivity index (χ2n) is 9.20. The third-order valence-electron chi connectivity index (χ3n) is 7.01. The molecular formula is C28H33N3O5. The van der Waals surface area contributed by atoms with Gasteiger partial charge in [0.15, 0.2) is 0 Å². The van der Waals surface area contributed by atoms with Crippen LogP contribution < -0.4 is 5.32 Å². The first kappa shape index (κ1) is 25.4. The van der Waals surface area contributed by atoms with Crippen LogP contribution in [0.25, 0.3) is 22.4 Å². The number of hydrogen-bond acceptors (Lipinski definition) is 6. The predicted molar refractivity (Wildman–Crippen MR) is 136 cm³/mol. The van der Waals surface area contributed by atoms with Crippen molar-refractivity contribution in [2.24, 2.45) is 5.92 Å². The van der Waals surface area contributed by atoms with E-state index in [9.17, 15) is 14.4 Å². The summed E-state index contributed by atoms with van der Waals surface area (Å²) in [7, 11) is 2.68. The summed E-state index contributed by atoms with van der Waals surface area (Å²) < 4.78 is 11.8. The Labute approximate surface area is 211 Å². The Hall–Kier alpha value is -3.68. The summed E-state index contributed by atoms with van der Waals surface area (Å²) >= 11 is 0. The van der Waals surface area contributed by atoms with E-state index in [2.05, 4.69) is 5.32 Å². The lowest BCUT2D eigenvalue weighted by Crippen LogP contribution is -2.46. The maximum absolute atomic E-state index is 13.9. The van der Waals surface area contributed by atoms with E-state index in [1.165, 1.54) is 14.2 Å². The number of carbonyl (C=O) groups excluding carboxylic acids is 3. The number of aromatic nitrogens is 2. The van der Waals surface area contributed by atoms with Crippen molar-refractivity contribution < 1.29 is 23.9 Å². The molecule has 0 radical (unpaired) electrons. The molecule has 1 saturated carbocycles.